The number of hydrogen-bond donors (Lipinski definition) is 2. The molecule has 9 nitrogen and oxygen atoms in total. The van der Waals surface area contributed by atoms with Gasteiger partial charge in [-0.25, -0.2) is 14.4 Å². The van der Waals surface area contributed by atoms with Crippen molar-refractivity contribution in [2.24, 2.45) is 0 Å². The van der Waals surface area contributed by atoms with E-state index in [4.69, 9.17) is 28.3 Å². The van der Waals surface area contributed by atoms with Gasteiger partial charge in [0, 0.05) is 60.5 Å². The molecule has 43 heavy (non-hydrogen) atoms. The first-order chi connectivity index (χ1) is 20.8. The van der Waals surface area contributed by atoms with Crippen molar-refractivity contribution in [3.63, 3.8) is 0 Å². The molecule has 2 aliphatic heterocycles. The molecule has 2 aliphatic rings. The number of alkyl halides is 1. The van der Waals surface area contributed by atoms with Crippen LogP contribution < -0.4 is 5.32 Å². The fourth-order valence-electron chi connectivity index (χ4n) is 5.94. The quantitative estimate of drug-likeness (QED) is 0.235. The van der Waals surface area contributed by atoms with Crippen molar-refractivity contribution in [1.29, 1.82) is 0 Å². The molecule has 0 bridgehead atoms. The number of aliphatic hydroxyl groups is 1. The van der Waals surface area contributed by atoms with Gasteiger partial charge in [0.1, 0.15) is 11.7 Å². The van der Waals surface area contributed by atoms with Crippen molar-refractivity contribution in [3.05, 3.63) is 81.4 Å². The Morgan fingerprint density at radius 1 is 1.19 bits per heavy atom. The van der Waals surface area contributed by atoms with E-state index in [0.717, 1.165) is 43.6 Å². The average molecular weight is 641 g/mol. The molecule has 2 aromatic carbocycles. The van der Waals surface area contributed by atoms with Crippen molar-refractivity contribution in [2.75, 3.05) is 18.4 Å². The third-order valence-corrected chi connectivity index (χ3v) is 9.54. The van der Waals surface area contributed by atoms with Crippen molar-refractivity contribution in [1.82, 2.24) is 29.2 Å². The van der Waals surface area contributed by atoms with Gasteiger partial charge in [0.15, 0.2) is 11.2 Å². The van der Waals surface area contributed by atoms with Gasteiger partial charge in [0.05, 0.1) is 34.7 Å². The molecule has 0 aliphatic carbocycles. The zero-order valence-corrected chi connectivity index (χ0v) is 25.3. The van der Waals surface area contributed by atoms with Crippen LogP contribution in [0.4, 0.5) is 9.52 Å². The molecule has 1 unspecified atom stereocenters. The summed E-state index contributed by atoms with van der Waals surface area (Å²) < 4.78 is 17.6. The lowest BCUT2D eigenvalue weighted by Crippen LogP contribution is -2.35. The SMILES string of the molecule is O=C(Nc1nccs1)C(c1ncn2c1C[C@@H](F)C2)n1cc2c(Cl)cc(-c3ccc(CN4CCC(O)CC4)cc3)c(Cl)c2n1. The number of hydrogen-bond acceptors (Lipinski definition) is 7. The first kappa shape index (κ1) is 28.4. The van der Waals surface area contributed by atoms with Gasteiger partial charge in [-0.15, -0.1) is 11.3 Å². The first-order valence-corrected chi connectivity index (χ1v) is 15.7. The highest BCUT2D eigenvalue weighted by atomic mass is 35.5. The first-order valence-electron chi connectivity index (χ1n) is 14.1. The van der Waals surface area contributed by atoms with Gasteiger partial charge >= 0.3 is 0 Å². The molecule has 7 rings (SSSR count). The summed E-state index contributed by atoms with van der Waals surface area (Å²) in [4.78, 5) is 24.7. The number of thiazole rings is 1. The minimum atomic E-state index is -1.04. The number of benzene rings is 2. The average Bonchev–Trinajstić information content (AvgIpc) is 3.79. The number of carbonyl (C=O) groups is 1. The van der Waals surface area contributed by atoms with Gasteiger partial charge in [-0.1, -0.05) is 47.5 Å². The molecular formula is C30H28Cl2FN7O2S. The lowest BCUT2D eigenvalue weighted by atomic mass is 10.0. The Bertz CT molecular complexity index is 1780. The summed E-state index contributed by atoms with van der Waals surface area (Å²) in [5.74, 6) is -0.405. The zero-order valence-electron chi connectivity index (χ0n) is 23.0. The van der Waals surface area contributed by atoms with Gasteiger partial charge in [-0.3, -0.25) is 19.7 Å². The van der Waals surface area contributed by atoms with E-state index in [1.807, 2.05) is 18.2 Å². The number of nitrogens with zero attached hydrogens (tertiary/aromatic N) is 6. The van der Waals surface area contributed by atoms with Crippen molar-refractivity contribution >= 4 is 56.5 Å². The Hall–Kier alpha value is -3.35. The normalized spacial score (nSPS) is 18.3. The van der Waals surface area contributed by atoms with Crippen LogP contribution in [0.25, 0.3) is 22.0 Å². The summed E-state index contributed by atoms with van der Waals surface area (Å²) in [5, 5.41) is 21.0. The van der Waals surface area contributed by atoms with E-state index in [1.54, 1.807) is 28.7 Å². The van der Waals surface area contributed by atoms with Crippen LogP contribution in [0.1, 0.15) is 35.8 Å². The van der Waals surface area contributed by atoms with Gasteiger partial charge in [-0.05, 0) is 30.0 Å². The maximum Gasteiger partial charge on any atom is 0.257 e. The molecule has 13 heteroatoms. The van der Waals surface area contributed by atoms with Crippen molar-refractivity contribution in [2.45, 2.75) is 50.7 Å². The minimum Gasteiger partial charge on any atom is -0.393 e. The molecule has 0 spiro atoms. The molecular weight excluding hydrogens is 612 g/mol. The Balaban J connectivity index is 1.23. The second-order valence-corrected chi connectivity index (χ2v) is 12.7. The van der Waals surface area contributed by atoms with Crippen LogP contribution in [0.15, 0.2) is 54.4 Å². The summed E-state index contributed by atoms with van der Waals surface area (Å²) >= 11 is 15.0. The lowest BCUT2D eigenvalue weighted by Gasteiger charge is -2.29. The van der Waals surface area contributed by atoms with E-state index < -0.39 is 18.1 Å². The number of halogens is 3. The topological polar surface area (TPSA) is 101 Å². The number of amides is 1. The van der Waals surface area contributed by atoms with Crippen LogP contribution in [-0.4, -0.2) is 65.6 Å². The molecule has 1 saturated heterocycles. The van der Waals surface area contributed by atoms with Crippen LogP contribution in [0, 0.1) is 0 Å². The molecule has 0 saturated carbocycles. The number of aliphatic hydroxyl groups excluding tert-OH is 1. The molecule has 2 N–H and O–H groups in total. The van der Waals surface area contributed by atoms with Gasteiger partial charge in [-0.2, -0.15) is 5.10 Å². The number of piperidine rings is 1. The predicted octanol–water partition coefficient (Wildman–Crippen LogP) is 5.74. The molecule has 3 aromatic heterocycles. The molecule has 0 radical (unpaired) electrons. The van der Waals surface area contributed by atoms with E-state index in [-0.39, 0.29) is 19.1 Å². The Morgan fingerprint density at radius 2 is 1.98 bits per heavy atom. The predicted molar refractivity (Wildman–Crippen MR) is 165 cm³/mol. The number of carbonyl (C=O) groups excluding carboxylic acids is 1. The summed E-state index contributed by atoms with van der Waals surface area (Å²) in [5.41, 5.74) is 4.32. The van der Waals surface area contributed by atoms with Crippen LogP contribution in [0.3, 0.4) is 0 Å². The number of anilines is 1. The summed E-state index contributed by atoms with van der Waals surface area (Å²) in [6.07, 6.45) is 5.37. The molecule has 5 heterocycles. The summed E-state index contributed by atoms with van der Waals surface area (Å²) in [7, 11) is 0. The number of aromatic nitrogens is 5. The smallest absolute Gasteiger partial charge is 0.257 e. The fourth-order valence-corrected chi connectivity index (χ4v) is 7.02. The lowest BCUT2D eigenvalue weighted by molar-refractivity contribution is -0.118. The van der Waals surface area contributed by atoms with Gasteiger partial charge < -0.3 is 9.67 Å². The molecule has 5 aromatic rings. The fraction of sp³-hybridized carbons (Fsp3) is 0.333. The van der Waals surface area contributed by atoms with Gasteiger partial charge in [0.25, 0.3) is 5.91 Å². The van der Waals surface area contributed by atoms with Gasteiger partial charge in [0.2, 0.25) is 0 Å². The van der Waals surface area contributed by atoms with E-state index >= 15 is 0 Å². The third-order valence-electron chi connectivity index (χ3n) is 8.16. The van der Waals surface area contributed by atoms with Crippen LogP contribution in [0.2, 0.25) is 10.0 Å². The number of fused-ring (bicyclic) bond motifs is 2. The zero-order chi connectivity index (χ0) is 29.7. The minimum absolute atomic E-state index is 0.165. The highest BCUT2D eigenvalue weighted by Crippen LogP contribution is 2.39. The van der Waals surface area contributed by atoms with E-state index in [0.29, 0.717) is 37.5 Å². The van der Waals surface area contributed by atoms with Crippen molar-refractivity contribution < 1.29 is 14.3 Å². The van der Waals surface area contributed by atoms with E-state index in [9.17, 15) is 14.3 Å². The second kappa shape index (κ2) is 11.6. The van der Waals surface area contributed by atoms with Crippen LogP contribution in [0.5, 0.6) is 0 Å². The molecule has 2 atom stereocenters. The van der Waals surface area contributed by atoms with E-state index in [1.165, 1.54) is 21.6 Å². The highest BCUT2D eigenvalue weighted by Gasteiger charge is 2.34. The summed E-state index contributed by atoms with van der Waals surface area (Å²) in [6.45, 7) is 2.77. The van der Waals surface area contributed by atoms with Crippen LogP contribution in [-0.2, 0) is 24.3 Å². The van der Waals surface area contributed by atoms with Crippen LogP contribution >= 0.6 is 34.5 Å². The number of likely N-dealkylation sites (tertiary alicyclic amines) is 1. The van der Waals surface area contributed by atoms with E-state index in [2.05, 4.69) is 32.3 Å². The Morgan fingerprint density at radius 3 is 2.72 bits per heavy atom. The second-order valence-electron chi connectivity index (χ2n) is 11.1. The van der Waals surface area contributed by atoms with Crippen molar-refractivity contribution in [3.8, 4) is 11.1 Å². The number of nitrogens with one attached hydrogen (secondary N) is 1. The molecule has 222 valence electrons. The largest absolute Gasteiger partial charge is 0.393 e. The summed E-state index contributed by atoms with van der Waals surface area (Å²) in [6, 6.07) is 8.99. The monoisotopic (exact) mass is 639 g/mol. The Kier molecular flexibility index (Phi) is 7.68. The number of imidazole rings is 1. The standard InChI is InChI=1S/C30H28Cl2FN7O2S/c31-23-12-21(18-3-1-17(2-4-18)13-38-8-5-20(41)6-9-38)25(32)26-22(23)15-40(37-26)28(29(42)36-30-34-7-10-43-30)27-24-11-19(33)14-39(24)16-35-27/h1-4,7,10,12,15-16,19-20,28,41H,5-6,8-9,11,13-14H2,(H,34,36,42)/t19-,28?/m1/s1. The highest BCUT2D eigenvalue weighted by molar-refractivity contribution is 7.13. The molecule has 1 fully saturated rings. The maximum atomic E-state index is 14.3. The maximum absolute atomic E-state index is 14.3. The number of rotatable bonds is 7. The molecule has 1 amide bonds. The third kappa shape index (κ3) is 5.56. The Labute approximate surface area is 260 Å².